The fraction of sp³-hybridized carbons (Fsp3) is 0.286. The smallest absolute Gasteiger partial charge is 0.321 e. The largest absolute Gasteiger partial charge is 0.323 e. The maximum atomic E-state index is 14.9. The molecule has 2 saturated heterocycles. The van der Waals surface area contributed by atoms with Crippen LogP contribution >= 0.6 is 11.6 Å². The molecule has 0 spiro atoms. The Kier molecular flexibility index (Phi) is 3.98. The number of carbonyl (C=O) groups excluding carboxylic acids is 1. The highest BCUT2D eigenvalue weighted by Crippen LogP contribution is 2.41. The minimum Gasteiger partial charge on any atom is -0.321 e. The van der Waals surface area contributed by atoms with Crippen molar-refractivity contribution in [2.24, 2.45) is 5.92 Å². The predicted octanol–water partition coefficient (Wildman–Crippen LogP) is 5.02. The first-order chi connectivity index (χ1) is 13.5. The van der Waals surface area contributed by atoms with Crippen molar-refractivity contribution in [3.05, 3.63) is 53.2 Å². The zero-order valence-electron chi connectivity index (χ0n) is 15.2. The van der Waals surface area contributed by atoms with Crippen LogP contribution in [0.25, 0.3) is 21.9 Å². The third-order valence-corrected chi connectivity index (χ3v) is 6.20. The van der Waals surface area contributed by atoms with Crippen LogP contribution in [0.2, 0.25) is 5.02 Å². The number of aromatic nitrogens is 2. The van der Waals surface area contributed by atoms with E-state index in [0.717, 1.165) is 24.9 Å². The van der Waals surface area contributed by atoms with Crippen LogP contribution in [0.1, 0.15) is 18.4 Å². The molecule has 0 atom stereocenters. The molecule has 28 heavy (non-hydrogen) atoms. The molecule has 5 nitrogen and oxygen atoms in total. The van der Waals surface area contributed by atoms with Gasteiger partial charge in [0.05, 0.1) is 5.02 Å². The number of nitrogens with zero attached hydrogens (tertiary/aromatic N) is 3. The second kappa shape index (κ2) is 6.41. The average Bonchev–Trinajstić information content (AvgIpc) is 3.26. The zero-order chi connectivity index (χ0) is 19.4. The highest BCUT2D eigenvalue weighted by Gasteiger charge is 2.45. The Hall–Kier alpha value is -2.73. The van der Waals surface area contributed by atoms with Gasteiger partial charge in [0.15, 0.2) is 0 Å². The molecule has 3 aromatic rings. The molecule has 1 N–H and O–H groups in total. The first-order valence-corrected chi connectivity index (χ1v) is 9.65. The lowest BCUT2D eigenvalue weighted by Crippen LogP contribution is -2.37. The van der Waals surface area contributed by atoms with Gasteiger partial charge in [-0.2, -0.15) is 0 Å². The van der Waals surface area contributed by atoms with Crippen molar-refractivity contribution in [3.63, 3.8) is 0 Å². The number of amides is 2. The number of carbonyl (C=O) groups is 1. The molecule has 0 unspecified atom stereocenters. The van der Waals surface area contributed by atoms with Crippen molar-refractivity contribution in [3.8, 4) is 11.1 Å². The number of nitrogens with one attached hydrogen (secondary N) is 1. The summed E-state index contributed by atoms with van der Waals surface area (Å²) in [5.74, 6) is 0.575. The zero-order valence-corrected chi connectivity index (χ0v) is 16.0. The van der Waals surface area contributed by atoms with Crippen LogP contribution in [-0.2, 0) is 0 Å². The van der Waals surface area contributed by atoms with Crippen LogP contribution in [0.3, 0.4) is 0 Å². The fourth-order valence-corrected chi connectivity index (χ4v) is 4.46. The van der Waals surface area contributed by atoms with Gasteiger partial charge in [-0.25, -0.2) is 14.2 Å². The van der Waals surface area contributed by atoms with Crippen LogP contribution in [0.5, 0.6) is 0 Å². The second-order valence-electron chi connectivity index (χ2n) is 7.61. The Labute approximate surface area is 166 Å². The Morgan fingerprint density at radius 2 is 2.11 bits per heavy atom. The normalized spacial score (nSPS) is 20.3. The maximum absolute atomic E-state index is 14.9. The number of benzene rings is 1. The van der Waals surface area contributed by atoms with E-state index in [4.69, 9.17) is 11.6 Å². The lowest BCUT2D eigenvalue weighted by atomic mass is 9.86. The summed E-state index contributed by atoms with van der Waals surface area (Å²) in [6, 6.07) is 5.51. The molecule has 2 amide bonds. The molecule has 1 saturated carbocycles. The quantitative estimate of drug-likeness (QED) is 0.661. The van der Waals surface area contributed by atoms with Gasteiger partial charge in [0.2, 0.25) is 0 Å². The van der Waals surface area contributed by atoms with Crippen LogP contribution in [0.4, 0.5) is 15.0 Å². The molecule has 2 aliphatic heterocycles. The summed E-state index contributed by atoms with van der Waals surface area (Å²) in [6.45, 7) is 2.71. The molecular weight excluding hydrogens is 379 g/mol. The standard InChI is InChI=1S/C21H18ClFN4O/c1-11-2-3-24-8-16(11)15-6-13-7-18(25-9-17(13)19(22)20(15)23)26-21(28)27-10-12-4-14(27)5-12/h2-3,6-9,12,14H,4-5,10H2,1H3,(H,25,26,28). The van der Waals surface area contributed by atoms with Crippen LogP contribution in [0.15, 0.2) is 36.8 Å². The molecule has 142 valence electrons. The third-order valence-electron chi connectivity index (χ3n) is 5.83. The predicted molar refractivity (Wildman–Crippen MR) is 107 cm³/mol. The number of rotatable bonds is 2. The summed E-state index contributed by atoms with van der Waals surface area (Å²) in [7, 11) is 0. The minimum absolute atomic E-state index is 0.0153. The average molecular weight is 397 g/mol. The molecule has 4 heterocycles. The van der Waals surface area contributed by atoms with Crippen molar-refractivity contribution >= 4 is 34.2 Å². The molecular formula is C21H18ClFN4O. The van der Waals surface area contributed by atoms with Gasteiger partial charge in [-0.15, -0.1) is 0 Å². The second-order valence-corrected chi connectivity index (χ2v) is 7.99. The number of hydrogen-bond donors (Lipinski definition) is 1. The van der Waals surface area contributed by atoms with E-state index in [2.05, 4.69) is 15.3 Å². The molecule has 3 aliphatic rings. The fourth-order valence-electron chi connectivity index (χ4n) is 4.20. The highest BCUT2D eigenvalue weighted by atomic mass is 35.5. The van der Waals surface area contributed by atoms with E-state index in [-0.39, 0.29) is 11.1 Å². The molecule has 1 aliphatic carbocycles. The van der Waals surface area contributed by atoms with Crippen LogP contribution in [0, 0.1) is 18.7 Å². The van der Waals surface area contributed by atoms with Crippen LogP contribution in [-0.4, -0.2) is 33.5 Å². The summed E-state index contributed by atoms with van der Waals surface area (Å²) >= 11 is 6.29. The van der Waals surface area contributed by atoms with E-state index in [1.807, 2.05) is 17.9 Å². The number of hydrogen-bond acceptors (Lipinski definition) is 3. The Morgan fingerprint density at radius 3 is 2.82 bits per heavy atom. The van der Waals surface area contributed by atoms with Crippen LogP contribution < -0.4 is 5.32 Å². The van der Waals surface area contributed by atoms with E-state index < -0.39 is 5.82 Å². The highest BCUT2D eigenvalue weighted by molar-refractivity contribution is 6.36. The Bertz CT molecular complexity index is 1110. The number of halogens is 2. The molecule has 3 fully saturated rings. The topological polar surface area (TPSA) is 58.1 Å². The summed E-state index contributed by atoms with van der Waals surface area (Å²) in [6.07, 6.45) is 6.99. The first-order valence-electron chi connectivity index (χ1n) is 9.27. The number of fused-ring (bicyclic) bond motifs is 2. The van der Waals surface area contributed by atoms with E-state index in [1.165, 1.54) is 6.20 Å². The summed E-state index contributed by atoms with van der Waals surface area (Å²) in [4.78, 5) is 22.8. The SMILES string of the molecule is Cc1ccncc1-c1cc2cc(NC(=O)N3CC4CC3C4)ncc2c(Cl)c1F. The summed E-state index contributed by atoms with van der Waals surface area (Å²) < 4.78 is 14.9. The van der Waals surface area contributed by atoms with Gasteiger partial charge >= 0.3 is 6.03 Å². The monoisotopic (exact) mass is 396 g/mol. The first kappa shape index (κ1) is 17.4. The van der Waals surface area contributed by atoms with Crippen molar-refractivity contribution in [2.45, 2.75) is 25.8 Å². The van der Waals surface area contributed by atoms with E-state index in [9.17, 15) is 9.18 Å². The summed E-state index contributed by atoms with van der Waals surface area (Å²) in [5.41, 5.74) is 1.97. The van der Waals surface area contributed by atoms with E-state index >= 15 is 0 Å². The van der Waals surface area contributed by atoms with Crippen molar-refractivity contribution in [1.82, 2.24) is 14.9 Å². The lowest BCUT2D eigenvalue weighted by molar-refractivity contribution is 0.207. The van der Waals surface area contributed by atoms with Gasteiger partial charge in [-0.05, 0) is 54.8 Å². The van der Waals surface area contributed by atoms with E-state index in [0.29, 0.717) is 39.7 Å². The molecule has 7 heteroatoms. The number of aryl methyl sites for hydroxylation is 1. The van der Waals surface area contributed by atoms with Crippen molar-refractivity contribution in [1.29, 1.82) is 0 Å². The maximum Gasteiger partial charge on any atom is 0.323 e. The molecule has 2 aromatic heterocycles. The number of anilines is 1. The molecule has 2 bridgehead atoms. The third kappa shape index (κ3) is 2.71. The Morgan fingerprint density at radius 1 is 1.29 bits per heavy atom. The number of urea groups is 1. The molecule has 0 radical (unpaired) electrons. The van der Waals surface area contributed by atoms with E-state index in [1.54, 1.807) is 24.5 Å². The summed E-state index contributed by atoms with van der Waals surface area (Å²) in [5, 5.41) is 4.09. The van der Waals surface area contributed by atoms with Gasteiger partial charge in [0.25, 0.3) is 0 Å². The molecule has 6 rings (SSSR count). The lowest BCUT2D eigenvalue weighted by Gasteiger charge is -2.25. The minimum atomic E-state index is -0.499. The molecule has 1 aromatic carbocycles. The van der Waals surface area contributed by atoms with Gasteiger partial charge in [-0.3, -0.25) is 10.3 Å². The van der Waals surface area contributed by atoms with Crippen molar-refractivity contribution in [2.75, 3.05) is 11.9 Å². The van der Waals surface area contributed by atoms with Gasteiger partial charge in [-0.1, -0.05) is 11.6 Å². The Balaban J connectivity index is 1.52. The van der Waals surface area contributed by atoms with Gasteiger partial charge in [0, 0.05) is 47.7 Å². The van der Waals surface area contributed by atoms with Crippen molar-refractivity contribution < 1.29 is 9.18 Å². The number of pyridine rings is 2. The van der Waals surface area contributed by atoms with Gasteiger partial charge in [0.1, 0.15) is 11.6 Å². The van der Waals surface area contributed by atoms with Gasteiger partial charge < -0.3 is 4.90 Å².